The van der Waals surface area contributed by atoms with E-state index in [9.17, 15) is 0 Å². The molecule has 2 N–H and O–H groups in total. The largest absolute Gasteiger partial charge is 0.397 e. The van der Waals surface area contributed by atoms with Crippen LogP contribution in [-0.4, -0.2) is 4.98 Å². The molecule has 2 heteroatoms. The molecule has 0 spiro atoms. The number of nitrogens with zero attached hydrogens (tertiary/aromatic N) is 1. The van der Waals surface area contributed by atoms with Crippen molar-refractivity contribution in [2.45, 2.75) is 46.5 Å². The predicted octanol–water partition coefficient (Wildman–Crippen LogP) is 2.88. The minimum atomic E-state index is 0.851. The molecule has 0 radical (unpaired) electrons. The van der Waals surface area contributed by atoms with Crippen LogP contribution in [0.2, 0.25) is 0 Å². The fourth-order valence-electron chi connectivity index (χ4n) is 1.78. The molecule has 1 aromatic heterocycles. The quantitative estimate of drug-likeness (QED) is 0.796. The van der Waals surface area contributed by atoms with Crippen molar-refractivity contribution in [2.24, 2.45) is 0 Å². The molecule has 78 valence electrons. The Labute approximate surface area is 86.5 Å². The average Bonchev–Trinajstić information content (AvgIpc) is 2.17. The van der Waals surface area contributed by atoms with Crippen molar-refractivity contribution >= 4 is 5.69 Å². The van der Waals surface area contributed by atoms with E-state index in [0.717, 1.165) is 31.4 Å². The molecule has 2 nitrogen and oxygen atoms in total. The van der Waals surface area contributed by atoms with E-state index >= 15 is 0 Å². The van der Waals surface area contributed by atoms with Gasteiger partial charge in [0.25, 0.3) is 0 Å². The number of pyridine rings is 1. The van der Waals surface area contributed by atoms with Crippen LogP contribution in [0.1, 0.15) is 43.5 Å². The van der Waals surface area contributed by atoms with Gasteiger partial charge in [-0.05, 0) is 30.9 Å². The monoisotopic (exact) mass is 192 g/mol. The summed E-state index contributed by atoms with van der Waals surface area (Å²) < 4.78 is 0. The second-order valence-corrected chi connectivity index (χ2v) is 3.76. The Balaban J connectivity index is 3.05. The number of anilines is 1. The van der Waals surface area contributed by atoms with E-state index in [1.807, 2.05) is 6.20 Å². The van der Waals surface area contributed by atoms with Crippen LogP contribution < -0.4 is 5.73 Å². The summed E-state index contributed by atoms with van der Waals surface area (Å²) in [5.41, 5.74) is 10.6. The molecule has 0 aliphatic heterocycles. The summed E-state index contributed by atoms with van der Waals surface area (Å²) in [5, 5.41) is 0. The molecule has 1 aromatic rings. The first kappa shape index (κ1) is 11.0. The number of rotatable bonds is 4. The molecule has 0 atom stereocenters. The second kappa shape index (κ2) is 4.99. The minimum absolute atomic E-state index is 0.851. The fourth-order valence-corrected chi connectivity index (χ4v) is 1.78. The van der Waals surface area contributed by atoms with Gasteiger partial charge >= 0.3 is 0 Å². The highest BCUT2D eigenvalue weighted by molar-refractivity contribution is 5.50. The molecule has 0 unspecified atom stereocenters. The lowest BCUT2D eigenvalue weighted by Gasteiger charge is -2.11. The molecule has 0 saturated heterocycles. The van der Waals surface area contributed by atoms with E-state index in [1.54, 1.807) is 0 Å². The van der Waals surface area contributed by atoms with Gasteiger partial charge < -0.3 is 5.73 Å². The number of nitrogens with two attached hydrogens (primary N) is 1. The van der Waals surface area contributed by atoms with Gasteiger partial charge in [-0.15, -0.1) is 0 Å². The normalized spacial score (nSPS) is 10.5. The van der Waals surface area contributed by atoms with Gasteiger partial charge in [-0.1, -0.05) is 26.7 Å². The summed E-state index contributed by atoms with van der Waals surface area (Å²) in [4.78, 5) is 4.39. The Kier molecular flexibility index (Phi) is 3.93. The van der Waals surface area contributed by atoms with Crippen molar-refractivity contribution in [1.29, 1.82) is 0 Å². The van der Waals surface area contributed by atoms with Crippen molar-refractivity contribution in [2.75, 3.05) is 5.73 Å². The Bertz CT molecular complexity index is 305. The number of nitrogen functional groups attached to an aromatic ring is 1. The van der Waals surface area contributed by atoms with Gasteiger partial charge in [0.1, 0.15) is 0 Å². The standard InChI is InChI=1S/C12H20N2/c1-4-6-10-9(3)12(7-5-2)14-8-11(10)13/h8H,4-7,13H2,1-3H3. The van der Waals surface area contributed by atoms with Crippen molar-refractivity contribution < 1.29 is 0 Å². The third-order valence-electron chi connectivity index (χ3n) is 2.58. The molecule has 0 aliphatic rings. The van der Waals surface area contributed by atoms with E-state index in [-0.39, 0.29) is 0 Å². The van der Waals surface area contributed by atoms with Gasteiger partial charge in [-0.25, -0.2) is 0 Å². The summed E-state index contributed by atoms with van der Waals surface area (Å²) in [6.45, 7) is 6.50. The summed E-state index contributed by atoms with van der Waals surface area (Å²) in [6, 6.07) is 0. The van der Waals surface area contributed by atoms with Crippen molar-refractivity contribution in [1.82, 2.24) is 4.98 Å². The van der Waals surface area contributed by atoms with E-state index < -0.39 is 0 Å². The molecule has 0 saturated carbocycles. The summed E-state index contributed by atoms with van der Waals surface area (Å²) in [5.74, 6) is 0. The van der Waals surface area contributed by atoms with Gasteiger partial charge in [0.05, 0.1) is 11.9 Å². The predicted molar refractivity (Wildman–Crippen MR) is 61.4 cm³/mol. The van der Waals surface area contributed by atoms with Gasteiger partial charge in [-0.2, -0.15) is 0 Å². The molecule has 0 aliphatic carbocycles. The lowest BCUT2D eigenvalue weighted by Crippen LogP contribution is -2.03. The van der Waals surface area contributed by atoms with E-state index in [0.29, 0.717) is 0 Å². The zero-order valence-electron chi connectivity index (χ0n) is 9.43. The third kappa shape index (κ3) is 2.25. The van der Waals surface area contributed by atoms with Crippen molar-refractivity contribution in [3.05, 3.63) is 23.0 Å². The van der Waals surface area contributed by atoms with Crippen LogP contribution in [0.5, 0.6) is 0 Å². The SMILES string of the molecule is CCCc1ncc(N)c(CCC)c1C. The van der Waals surface area contributed by atoms with Crippen LogP contribution >= 0.6 is 0 Å². The van der Waals surface area contributed by atoms with Gasteiger partial charge in [0, 0.05) is 5.69 Å². The molecular formula is C12H20N2. The highest BCUT2D eigenvalue weighted by atomic mass is 14.7. The summed E-state index contributed by atoms with van der Waals surface area (Å²) in [7, 11) is 0. The van der Waals surface area contributed by atoms with Crippen LogP contribution in [0, 0.1) is 6.92 Å². The fraction of sp³-hybridized carbons (Fsp3) is 0.583. The Morgan fingerprint density at radius 3 is 2.43 bits per heavy atom. The average molecular weight is 192 g/mol. The Morgan fingerprint density at radius 2 is 1.86 bits per heavy atom. The Hall–Kier alpha value is -1.05. The molecule has 0 bridgehead atoms. The maximum Gasteiger partial charge on any atom is 0.0536 e. The topological polar surface area (TPSA) is 38.9 Å². The van der Waals surface area contributed by atoms with Gasteiger partial charge in [0.15, 0.2) is 0 Å². The van der Waals surface area contributed by atoms with E-state index in [2.05, 4.69) is 25.8 Å². The van der Waals surface area contributed by atoms with Crippen molar-refractivity contribution in [3.63, 3.8) is 0 Å². The first-order valence-corrected chi connectivity index (χ1v) is 5.43. The molecule has 0 aromatic carbocycles. The van der Waals surface area contributed by atoms with Gasteiger partial charge in [-0.3, -0.25) is 4.98 Å². The lowest BCUT2D eigenvalue weighted by atomic mass is 10.00. The van der Waals surface area contributed by atoms with Crippen LogP contribution in [-0.2, 0) is 12.8 Å². The molecule has 0 amide bonds. The highest BCUT2D eigenvalue weighted by Gasteiger charge is 2.07. The number of aryl methyl sites for hydroxylation is 1. The molecule has 1 rings (SSSR count). The van der Waals surface area contributed by atoms with E-state index in [4.69, 9.17) is 5.73 Å². The first-order chi connectivity index (χ1) is 6.70. The first-order valence-electron chi connectivity index (χ1n) is 5.43. The van der Waals surface area contributed by atoms with Crippen LogP contribution in [0.3, 0.4) is 0 Å². The maximum absolute atomic E-state index is 5.91. The summed E-state index contributed by atoms with van der Waals surface area (Å²) >= 11 is 0. The van der Waals surface area contributed by atoms with E-state index in [1.165, 1.54) is 16.8 Å². The van der Waals surface area contributed by atoms with Crippen LogP contribution in [0.15, 0.2) is 6.20 Å². The van der Waals surface area contributed by atoms with Crippen molar-refractivity contribution in [3.8, 4) is 0 Å². The smallest absolute Gasteiger partial charge is 0.0536 e. The molecule has 0 fully saturated rings. The summed E-state index contributed by atoms with van der Waals surface area (Å²) in [6.07, 6.45) is 6.21. The van der Waals surface area contributed by atoms with Crippen LogP contribution in [0.25, 0.3) is 0 Å². The lowest BCUT2D eigenvalue weighted by molar-refractivity contribution is 0.848. The zero-order chi connectivity index (χ0) is 10.6. The van der Waals surface area contributed by atoms with Crippen LogP contribution in [0.4, 0.5) is 5.69 Å². The molecular weight excluding hydrogens is 172 g/mol. The molecule has 1 heterocycles. The number of aromatic nitrogens is 1. The highest BCUT2D eigenvalue weighted by Crippen LogP contribution is 2.20. The zero-order valence-corrected chi connectivity index (χ0v) is 9.43. The molecule has 14 heavy (non-hydrogen) atoms. The van der Waals surface area contributed by atoms with Gasteiger partial charge in [0.2, 0.25) is 0 Å². The number of hydrogen-bond acceptors (Lipinski definition) is 2. The third-order valence-corrected chi connectivity index (χ3v) is 2.58. The Morgan fingerprint density at radius 1 is 1.21 bits per heavy atom. The minimum Gasteiger partial charge on any atom is -0.397 e. The second-order valence-electron chi connectivity index (χ2n) is 3.76. The number of hydrogen-bond donors (Lipinski definition) is 1. The maximum atomic E-state index is 5.91.